The highest BCUT2D eigenvalue weighted by Crippen LogP contribution is 2.46. The second-order valence-electron chi connectivity index (χ2n) is 4.97. The summed E-state index contributed by atoms with van der Waals surface area (Å²) in [7, 11) is 0. The van der Waals surface area contributed by atoms with Crippen LogP contribution in [0.15, 0.2) is 6.20 Å². The van der Waals surface area contributed by atoms with Gasteiger partial charge < -0.3 is 4.74 Å². The van der Waals surface area contributed by atoms with E-state index in [2.05, 4.69) is 14.7 Å². The van der Waals surface area contributed by atoms with Gasteiger partial charge in [-0.2, -0.15) is 35.7 Å². The van der Waals surface area contributed by atoms with Gasteiger partial charge in [0.05, 0.1) is 11.9 Å². The number of hydrogen-bond acceptors (Lipinski definition) is 3. The predicted molar refractivity (Wildman–Crippen MR) is 66.7 cm³/mol. The van der Waals surface area contributed by atoms with Crippen LogP contribution in [-0.2, 0) is 6.42 Å². The van der Waals surface area contributed by atoms with Crippen LogP contribution in [0.25, 0.3) is 0 Å². The maximum atomic E-state index is 13.4. The molecule has 0 atom stereocenters. The second kappa shape index (κ2) is 7.47. The van der Waals surface area contributed by atoms with E-state index in [-0.39, 0.29) is 12.1 Å². The molecule has 0 unspecified atom stereocenters. The van der Waals surface area contributed by atoms with Crippen LogP contribution in [0, 0.1) is 5.82 Å². The quantitative estimate of drug-likeness (QED) is 0.500. The Morgan fingerprint density at radius 1 is 1.04 bits per heavy atom. The molecule has 0 aliphatic carbocycles. The molecular weight excluding hydrogens is 352 g/mol. The van der Waals surface area contributed by atoms with Crippen molar-refractivity contribution in [3.05, 3.63) is 17.7 Å². The van der Waals surface area contributed by atoms with E-state index >= 15 is 0 Å². The van der Waals surface area contributed by atoms with Crippen LogP contribution in [0.3, 0.4) is 0 Å². The minimum absolute atomic E-state index is 0.119. The Morgan fingerprint density at radius 2 is 1.67 bits per heavy atom. The molecule has 1 heterocycles. The Hall–Kier alpha value is -1.68. The highest BCUT2D eigenvalue weighted by atomic mass is 19.4. The molecule has 0 aromatic carbocycles. The van der Waals surface area contributed by atoms with Gasteiger partial charge in [-0.05, 0) is 12.8 Å². The molecule has 0 fully saturated rings. The standard InChI is InChI=1S/C13H14F8N2O/c1-2-3-4-5-9-8(14)6-22-10(23-9)24-7-11(15,16)12(17,18)13(19,20)21/h6H,2-5,7H2,1H3. The summed E-state index contributed by atoms with van der Waals surface area (Å²) in [5.41, 5.74) is -0.195. The van der Waals surface area contributed by atoms with E-state index in [4.69, 9.17) is 0 Å². The van der Waals surface area contributed by atoms with Gasteiger partial charge in [-0.15, -0.1) is 0 Å². The van der Waals surface area contributed by atoms with E-state index in [0.29, 0.717) is 12.6 Å². The summed E-state index contributed by atoms with van der Waals surface area (Å²) in [4.78, 5) is 6.57. The fraction of sp³-hybridized carbons (Fsp3) is 0.692. The van der Waals surface area contributed by atoms with E-state index in [1.165, 1.54) is 0 Å². The van der Waals surface area contributed by atoms with Crippen molar-refractivity contribution in [3.63, 3.8) is 0 Å². The largest absolute Gasteiger partial charge is 0.460 e. The molecule has 0 N–H and O–H groups in total. The van der Waals surface area contributed by atoms with E-state index < -0.39 is 36.5 Å². The van der Waals surface area contributed by atoms with Crippen molar-refractivity contribution in [2.45, 2.75) is 50.6 Å². The molecule has 0 aliphatic rings. The average molecular weight is 366 g/mol. The van der Waals surface area contributed by atoms with Gasteiger partial charge in [0.25, 0.3) is 0 Å². The number of ether oxygens (including phenoxy) is 1. The molecule has 0 aliphatic heterocycles. The summed E-state index contributed by atoms with van der Waals surface area (Å²) in [6.07, 6.45) is -3.69. The number of alkyl halides is 7. The number of aryl methyl sites for hydroxylation is 1. The number of hydrogen-bond donors (Lipinski definition) is 0. The van der Waals surface area contributed by atoms with Gasteiger partial charge in [-0.1, -0.05) is 19.8 Å². The van der Waals surface area contributed by atoms with Crippen molar-refractivity contribution in [2.75, 3.05) is 6.61 Å². The van der Waals surface area contributed by atoms with Crippen molar-refractivity contribution < 1.29 is 39.9 Å². The smallest absolute Gasteiger partial charge is 0.457 e. The van der Waals surface area contributed by atoms with Gasteiger partial charge in [0.15, 0.2) is 12.4 Å². The fourth-order valence-electron chi connectivity index (χ4n) is 1.62. The third-order valence-electron chi connectivity index (χ3n) is 3.01. The zero-order chi connectivity index (χ0) is 18.6. The molecule has 0 radical (unpaired) electrons. The summed E-state index contributed by atoms with van der Waals surface area (Å²) < 4.78 is 105. The van der Waals surface area contributed by atoms with Crippen molar-refractivity contribution in [1.29, 1.82) is 0 Å². The number of unbranched alkanes of at least 4 members (excludes halogenated alkanes) is 2. The van der Waals surface area contributed by atoms with Crippen molar-refractivity contribution >= 4 is 0 Å². The number of rotatable bonds is 8. The minimum atomic E-state index is -6.45. The molecule has 1 aromatic rings. The van der Waals surface area contributed by atoms with Crippen LogP contribution in [0.4, 0.5) is 35.1 Å². The lowest BCUT2D eigenvalue weighted by Gasteiger charge is -2.27. The fourth-order valence-corrected chi connectivity index (χ4v) is 1.62. The lowest BCUT2D eigenvalue weighted by Crippen LogP contribution is -2.54. The van der Waals surface area contributed by atoms with Gasteiger partial charge in [0, 0.05) is 0 Å². The van der Waals surface area contributed by atoms with E-state index in [1.54, 1.807) is 0 Å². The highest BCUT2D eigenvalue weighted by Gasteiger charge is 2.73. The van der Waals surface area contributed by atoms with Crippen LogP contribution in [0.5, 0.6) is 6.01 Å². The first-order valence-corrected chi connectivity index (χ1v) is 6.89. The first-order valence-electron chi connectivity index (χ1n) is 6.89. The third-order valence-corrected chi connectivity index (χ3v) is 3.01. The van der Waals surface area contributed by atoms with Crippen LogP contribution >= 0.6 is 0 Å². The van der Waals surface area contributed by atoms with Crippen LogP contribution in [-0.4, -0.2) is 34.6 Å². The lowest BCUT2D eigenvalue weighted by atomic mass is 10.1. The Kier molecular flexibility index (Phi) is 6.34. The van der Waals surface area contributed by atoms with Gasteiger partial charge in [-0.25, -0.2) is 9.37 Å². The maximum absolute atomic E-state index is 13.4. The summed E-state index contributed by atoms with van der Waals surface area (Å²) in [6, 6.07) is -0.902. The molecule has 0 saturated carbocycles. The maximum Gasteiger partial charge on any atom is 0.460 e. The normalized spacial score (nSPS) is 13.2. The molecule has 138 valence electrons. The number of aromatic nitrogens is 2. The monoisotopic (exact) mass is 366 g/mol. The topological polar surface area (TPSA) is 35.0 Å². The predicted octanol–water partition coefficient (Wildman–Crippen LogP) is 4.56. The van der Waals surface area contributed by atoms with Gasteiger partial charge in [0.2, 0.25) is 0 Å². The second-order valence-corrected chi connectivity index (χ2v) is 4.97. The van der Waals surface area contributed by atoms with Gasteiger partial charge in [-0.3, -0.25) is 0 Å². The SMILES string of the molecule is CCCCCc1nc(OCC(F)(F)C(F)(F)C(F)(F)F)ncc1F. The van der Waals surface area contributed by atoms with Crippen LogP contribution in [0.1, 0.15) is 31.9 Å². The molecule has 11 heteroatoms. The van der Waals surface area contributed by atoms with E-state index in [1.807, 2.05) is 6.92 Å². The number of nitrogens with zero attached hydrogens (tertiary/aromatic N) is 2. The zero-order valence-electron chi connectivity index (χ0n) is 12.4. The van der Waals surface area contributed by atoms with E-state index in [9.17, 15) is 35.1 Å². The molecule has 0 spiro atoms. The molecular formula is C13H14F8N2O. The Morgan fingerprint density at radius 3 is 2.21 bits per heavy atom. The van der Waals surface area contributed by atoms with Crippen LogP contribution < -0.4 is 4.74 Å². The molecule has 1 rings (SSSR count). The zero-order valence-corrected chi connectivity index (χ0v) is 12.4. The minimum Gasteiger partial charge on any atom is -0.457 e. The van der Waals surface area contributed by atoms with Crippen molar-refractivity contribution in [2.24, 2.45) is 0 Å². The van der Waals surface area contributed by atoms with Crippen molar-refractivity contribution in [3.8, 4) is 6.01 Å². The van der Waals surface area contributed by atoms with Gasteiger partial charge in [0.1, 0.15) is 0 Å². The first kappa shape index (κ1) is 20.4. The van der Waals surface area contributed by atoms with E-state index in [0.717, 1.165) is 12.8 Å². The first-order chi connectivity index (χ1) is 10.9. The molecule has 0 bridgehead atoms. The Balaban J connectivity index is 2.81. The molecule has 0 saturated heterocycles. The summed E-state index contributed by atoms with van der Waals surface area (Å²) in [6.45, 7) is -0.423. The number of halogens is 8. The molecule has 24 heavy (non-hydrogen) atoms. The molecule has 1 aromatic heterocycles. The highest BCUT2D eigenvalue weighted by molar-refractivity contribution is 5.09. The van der Waals surface area contributed by atoms with Crippen LogP contribution in [0.2, 0.25) is 0 Å². The Labute approximate surface area is 132 Å². The molecule has 0 amide bonds. The Bertz CT molecular complexity index is 547. The lowest BCUT2D eigenvalue weighted by molar-refractivity contribution is -0.358. The van der Waals surface area contributed by atoms with Crippen molar-refractivity contribution in [1.82, 2.24) is 9.97 Å². The summed E-state index contributed by atoms with van der Waals surface area (Å²) >= 11 is 0. The summed E-state index contributed by atoms with van der Waals surface area (Å²) in [5, 5.41) is 0. The third kappa shape index (κ3) is 4.67. The molecule has 3 nitrogen and oxygen atoms in total. The summed E-state index contributed by atoms with van der Waals surface area (Å²) in [5.74, 6) is -12.7. The van der Waals surface area contributed by atoms with Gasteiger partial charge >= 0.3 is 24.0 Å². The average Bonchev–Trinajstić information content (AvgIpc) is 2.46.